The summed E-state index contributed by atoms with van der Waals surface area (Å²) in [4.78, 5) is 12.1. The van der Waals surface area contributed by atoms with Crippen molar-refractivity contribution in [2.45, 2.75) is 53.0 Å². The summed E-state index contributed by atoms with van der Waals surface area (Å²) in [6, 6.07) is 11.9. The molecule has 0 unspecified atom stereocenters. The van der Waals surface area contributed by atoms with Gasteiger partial charge in [0.25, 0.3) is 5.91 Å². The number of aromatic nitrogens is 2. The Hall–Kier alpha value is -3.48. The van der Waals surface area contributed by atoms with Gasteiger partial charge < -0.3 is 21.5 Å². The topological polar surface area (TPSA) is 116 Å². The Morgan fingerprint density at radius 3 is 2.45 bits per heavy atom. The van der Waals surface area contributed by atoms with E-state index in [1.165, 1.54) is 5.56 Å². The zero-order valence-electron chi connectivity index (χ0n) is 18.8. The number of benzene rings is 2. The molecule has 1 amide bonds. The number of carbonyl (C=O) groups excluding carboxylic acids is 1. The predicted octanol–water partition coefficient (Wildman–Crippen LogP) is 4.74. The van der Waals surface area contributed by atoms with Crippen LogP contribution in [0, 0.1) is 6.92 Å². The maximum atomic E-state index is 12.1. The van der Waals surface area contributed by atoms with Gasteiger partial charge >= 0.3 is 0 Å². The van der Waals surface area contributed by atoms with E-state index in [1.54, 1.807) is 0 Å². The highest BCUT2D eigenvalue weighted by molar-refractivity contribution is 6.03. The monoisotopic (exact) mass is 421 g/mol. The molecule has 0 aliphatic carbocycles. The molecule has 1 heterocycles. The molecule has 31 heavy (non-hydrogen) atoms. The third kappa shape index (κ3) is 4.99. The van der Waals surface area contributed by atoms with Gasteiger partial charge in [-0.1, -0.05) is 52.0 Å². The molecule has 0 saturated heterocycles. The van der Waals surface area contributed by atoms with Gasteiger partial charge in [-0.3, -0.25) is 9.89 Å². The highest BCUT2D eigenvalue weighted by Crippen LogP contribution is 2.28. The maximum absolute atomic E-state index is 12.1. The molecule has 0 spiro atoms. The second kappa shape index (κ2) is 8.71. The number of hydrogen-bond donors (Lipinski definition) is 5. The van der Waals surface area contributed by atoms with Crippen molar-refractivity contribution in [3.63, 3.8) is 0 Å². The van der Waals surface area contributed by atoms with Gasteiger partial charge in [-0.2, -0.15) is 5.10 Å². The van der Waals surface area contributed by atoms with Crippen LogP contribution >= 0.6 is 0 Å². The molecule has 0 aliphatic heterocycles. The third-order valence-electron chi connectivity index (χ3n) is 5.31. The van der Waals surface area contributed by atoms with Crippen LogP contribution in [0.4, 0.5) is 17.3 Å². The Kier molecular flexibility index (Phi) is 6.24. The number of amides is 1. The number of aryl methyl sites for hydroxylation is 2. The van der Waals surface area contributed by atoms with Crippen LogP contribution in [0.3, 0.4) is 0 Å². The molecule has 0 atom stereocenters. The lowest BCUT2D eigenvalue weighted by Gasteiger charge is -2.19. The number of nitrogens with zero attached hydrogens (tertiary/aromatic N) is 1. The number of aromatic amines is 1. The molecule has 0 bridgehead atoms. The van der Waals surface area contributed by atoms with E-state index in [4.69, 9.17) is 5.73 Å². The van der Waals surface area contributed by atoms with Crippen molar-refractivity contribution in [1.82, 2.24) is 10.2 Å². The number of hydrogen-bond acceptors (Lipinski definition) is 5. The molecule has 3 aromatic rings. The maximum Gasteiger partial charge on any atom is 0.256 e. The van der Waals surface area contributed by atoms with Gasteiger partial charge in [0, 0.05) is 12.2 Å². The summed E-state index contributed by atoms with van der Waals surface area (Å²) < 4.78 is 0. The lowest BCUT2D eigenvalue weighted by molar-refractivity contribution is 0.100. The fraction of sp³-hybridized carbons (Fsp3) is 0.333. The van der Waals surface area contributed by atoms with Gasteiger partial charge in [0.2, 0.25) is 0 Å². The third-order valence-corrected chi connectivity index (χ3v) is 5.31. The molecular weight excluding hydrogens is 390 g/mol. The van der Waals surface area contributed by atoms with E-state index in [1.807, 2.05) is 38.1 Å². The first-order valence-corrected chi connectivity index (χ1v) is 10.4. The van der Waals surface area contributed by atoms with E-state index in [-0.39, 0.29) is 11.0 Å². The van der Waals surface area contributed by atoms with Crippen LogP contribution in [0.25, 0.3) is 0 Å². The van der Waals surface area contributed by atoms with E-state index < -0.39 is 5.91 Å². The second-order valence-electron chi connectivity index (χ2n) is 8.77. The first kappa shape index (κ1) is 22.2. The summed E-state index contributed by atoms with van der Waals surface area (Å²) in [7, 11) is 0. The Morgan fingerprint density at radius 1 is 1.19 bits per heavy atom. The van der Waals surface area contributed by atoms with E-state index >= 15 is 0 Å². The molecule has 7 heteroatoms. The first-order valence-electron chi connectivity index (χ1n) is 10.4. The van der Waals surface area contributed by atoms with Crippen molar-refractivity contribution in [2.75, 3.05) is 10.6 Å². The lowest BCUT2D eigenvalue weighted by Crippen LogP contribution is -2.15. The van der Waals surface area contributed by atoms with E-state index in [9.17, 15) is 9.90 Å². The Labute approximate surface area is 183 Å². The standard InChI is InChI=1S/C24H31N5O2/c1-6-16-12-15(11-14(2)20(16)30)13-26-22-19(21(25)31)23(29-28-22)27-18-9-7-17(8-10-18)24(3,4)5/h7-12,30H,6,13H2,1-5H3,(H2,25,31)(H3,26,27,28,29). The van der Waals surface area contributed by atoms with Crippen LogP contribution in [-0.4, -0.2) is 21.2 Å². The van der Waals surface area contributed by atoms with Crippen molar-refractivity contribution in [3.8, 4) is 5.75 Å². The van der Waals surface area contributed by atoms with Crippen molar-refractivity contribution in [1.29, 1.82) is 0 Å². The van der Waals surface area contributed by atoms with Crippen molar-refractivity contribution < 1.29 is 9.90 Å². The number of carbonyl (C=O) groups is 1. The number of phenols is 1. The minimum atomic E-state index is -0.582. The zero-order chi connectivity index (χ0) is 22.8. The first-order chi connectivity index (χ1) is 14.6. The zero-order valence-corrected chi connectivity index (χ0v) is 18.8. The van der Waals surface area contributed by atoms with Gasteiger partial charge in [-0.15, -0.1) is 0 Å². The van der Waals surface area contributed by atoms with Gasteiger partial charge in [0.05, 0.1) is 0 Å². The number of H-pyrrole nitrogens is 1. The van der Waals surface area contributed by atoms with Crippen LogP contribution < -0.4 is 16.4 Å². The average Bonchev–Trinajstić information content (AvgIpc) is 3.11. The van der Waals surface area contributed by atoms with Crippen LogP contribution in [0.15, 0.2) is 36.4 Å². The number of rotatable bonds is 7. The lowest BCUT2D eigenvalue weighted by atomic mass is 9.87. The largest absolute Gasteiger partial charge is 0.507 e. The van der Waals surface area contributed by atoms with Crippen LogP contribution in [0.1, 0.15) is 60.3 Å². The molecule has 2 aromatic carbocycles. The molecule has 0 saturated carbocycles. The van der Waals surface area contributed by atoms with Crippen molar-refractivity contribution in [2.24, 2.45) is 5.73 Å². The number of phenolic OH excluding ortho intramolecular Hbond substituents is 1. The summed E-state index contributed by atoms with van der Waals surface area (Å²) in [6.45, 7) is 10.8. The van der Waals surface area contributed by atoms with Gasteiger partial charge in [0.1, 0.15) is 17.1 Å². The molecule has 164 valence electrons. The number of primary amides is 1. The SMILES string of the molecule is CCc1cc(CNc2n[nH]c(Nc3ccc(C(C)(C)C)cc3)c2C(N)=O)cc(C)c1O. The minimum absolute atomic E-state index is 0.0617. The normalized spacial score (nSPS) is 11.4. The van der Waals surface area contributed by atoms with E-state index in [0.717, 1.165) is 28.8 Å². The van der Waals surface area contributed by atoms with E-state index in [0.29, 0.717) is 23.9 Å². The fourth-order valence-electron chi connectivity index (χ4n) is 3.49. The minimum Gasteiger partial charge on any atom is -0.507 e. The van der Waals surface area contributed by atoms with Gasteiger partial charge in [0.15, 0.2) is 5.82 Å². The molecule has 0 radical (unpaired) electrons. The quantitative estimate of drug-likeness (QED) is 0.378. The molecule has 0 aliphatic rings. The molecule has 3 rings (SSSR count). The highest BCUT2D eigenvalue weighted by atomic mass is 16.3. The van der Waals surface area contributed by atoms with Crippen LogP contribution in [0.2, 0.25) is 0 Å². The van der Waals surface area contributed by atoms with Crippen LogP contribution in [0.5, 0.6) is 5.75 Å². The van der Waals surface area contributed by atoms with Gasteiger partial charge in [-0.05, 0) is 53.1 Å². The Balaban J connectivity index is 1.80. The molecular formula is C24H31N5O2. The number of anilines is 3. The molecule has 6 N–H and O–H groups in total. The number of aromatic hydroxyl groups is 1. The van der Waals surface area contributed by atoms with Crippen molar-refractivity contribution in [3.05, 3.63) is 64.2 Å². The van der Waals surface area contributed by atoms with E-state index in [2.05, 4.69) is 53.7 Å². The molecule has 1 aromatic heterocycles. The smallest absolute Gasteiger partial charge is 0.256 e. The number of nitrogens with two attached hydrogens (primary N) is 1. The molecule has 7 nitrogen and oxygen atoms in total. The van der Waals surface area contributed by atoms with Gasteiger partial charge in [-0.25, -0.2) is 0 Å². The predicted molar refractivity (Wildman–Crippen MR) is 125 cm³/mol. The number of nitrogens with one attached hydrogen (secondary N) is 3. The summed E-state index contributed by atoms with van der Waals surface area (Å²) in [5.74, 6) is 0.564. The summed E-state index contributed by atoms with van der Waals surface area (Å²) in [5, 5.41) is 23.6. The summed E-state index contributed by atoms with van der Waals surface area (Å²) in [6.07, 6.45) is 0.734. The summed E-state index contributed by atoms with van der Waals surface area (Å²) >= 11 is 0. The van der Waals surface area contributed by atoms with Crippen LogP contribution in [-0.2, 0) is 18.4 Å². The summed E-state index contributed by atoms with van der Waals surface area (Å²) in [5.41, 5.74) is 10.7. The second-order valence-corrected chi connectivity index (χ2v) is 8.77. The fourth-order valence-corrected chi connectivity index (χ4v) is 3.49. The average molecular weight is 422 g/mol. The molecule has 0 fully saturated rings. The van der Waals surface area contributed by atoms with Crippen molar-refractivity contribution >= 4 is 23.2 Å². The Bertz CT molecular complexity index is 1080. The highest BCUT2D eigenvalue weighted by Gasteiger charge is 2.19. The Morgan fingerprint density at radius 2 is 1.87 bits per heavy atom.